The van der Waals surface area contributed by atoms with Crippen molar-refractivity contribution in [3.63, 3.8) is 0 Å². The Labute approximate surface area is 142 Å². The van der Waals surface area contributed by atoms with Crippen LogP contribution in [0.3, 0.4) is 0 Å². The van der Waals surface area contributed by atoms with Crippen molar-refractivity contribution in [2.24, 2.45) is 23.0 Å². The minimum Gasteiger partial charge on any atom is -0.393 e. The van der Waals surface area contributed by atoms with Gasteiger partial charge in [0.1, 0.15) is 0 Å². The molecule has 0 saturated heterocycles. The van der Waals surface area contributed by atoms with Crippen molar-refractivity contribution >= 4 is 17.2 Å². The van der Waals surface area contributed by atoms with Crippen LogP contribution in [0.4, 0.5) is 8.78 Å². The van der Waals surface area contributed by atoms with Gasteiger partial charge in [0.2, 0.25) is 6.43 Å². The van der Waals surface area contributed by atoms with Gasteiger partial charge >= 0.3 is 0 Å². The van der Waals surface area contributed by atoms with E-state index >= 15 is 0 Å². The lowest BCUT2D eigenvalue weighted by Gasteiger charge is -2.44. The molecule has 0 amide bonds. The number of fused-ring (bicyclic) bond motifs is 2. The number of hydrogen-bond donors (Lipinski definition) is 1. The predicted octanol–water partition coefficient (Wildman–Crippen LogP) is 5.08. The lowest BCUT2D eigenvalue weighted by atomic mass is 9.60. The molecule has 2 aliphatic rings. The third-order valence-electron chi connectivity index (χ3n) is 6.29. The molecule has 1 aromatic carbocycles. The van der Waals surface area contributed by atoms with Crippen molar-refractivity contribution in [3.8, 4) is 0 Å². The van der Waals surface area contributed by atoms with Gasteiger partial charge in [0.25, 0.3) is 0 Å². The number of halogens is 2. The highest BCUT2D eigenvalue weighted by molar-refractivity contribution is 7.80. The van der Waals surface area contributed by atoms with Gasteiger partial charge in [-0.25, -0.2) is 8.78 Å². The van der Waals surface area contributed by atoms with Gasteiger partial charge in [-0.15, -0.1) is 0 Å². The minimum atomic E-state index is -2.26. The topological polar surface area (TPSA) is 26.0 Å². The van der Waals surface area contributed by atoms with E-state index in [-0.39, 0.29) is 23.2 Å². The Balaban J connectivity index is 2.04. The van der Waals surface area contributed by atoms with E-state index < -0.39 is 6.43 Å². The van der Waals surface area contributed by atoms with Crippen LogP contribution in [-0.4, -0.2) is 11.4 Å². The van der Waals surface area contributed by atoms with E-state index in [1.54, 1.807) is 0 Å². The van der Waals surface area contributed by atoms with Crippen LogP contribution in [0.2, 0.25) is 0 Å². The van der Waals surface area contributed by atoms with Gasteiger partial charge in [-0.05, 0) is 48.5 Å². The molecule has 0 aliphatic heterocycles. The summed E-state index contributed by atoms with van der Waals surface area (Å²) in [7, 11) is 0. The van der Waals surface area contributed by atoms with Crippen LogP contribution >= 0.6 is 12.2 Å². The van der Waals surface area contributed by atoms with Gasteiger partial charge in [-0.3, -0.25) is 0 Å². The Morgan fingerprint density at radius 2 is 1.96 bits per heavy atom. The van der Waals surface area contributed by atoms with E-state index in [2.05, 4.69) is 19.1 Å². The molecule has 2 saturated carbocycles. The van der Waals surface area contributed by atoms with E-state index in [1.807, 2.05) is 18.2 Å². The Bertz CT molecular complexity index is 576. The SMILES string of the molecule is CCC1CC2(c3ccccc3)CC(CC(F)F)CC1(C(N)=S)C2. The summed E-state index contributed by atoms with van der Waals surface area (Å²) in [6.45, 7) is 2.17. The van der Waals surface area contributed by atoms with Crippen molar-refractivity contribution in [2.45, 2.75) is 57.3 Å². The molecular formula is C19H25F2NS. The number of rotatable bonds is 5. The van der Waals surface area contributed by atoms with Gasteiger partial charge in [-0.2, -0.15) is 0 Å². The minimum absolute atomic E-state index is 0.00186. The van der Waals surface area contributed by atoms with Gasteiger partial charge < -0.3 is 5.73 Å². The van der Waals surface area contributed by atoms with Gasteiger partial charge in [0.05, 0.1) is 4.99 Å². The summed E-state index contributed by atoms with van der Waals surface area (Å²) in [4.78, 5) is 0.543. The van der Waals surface area contributed by atoms with Crippen molar-refractivity contribution in [1.82, 2.24) is 0 Å². The second-order valence-corrected chi connectivity index (χ2v) is 7.99. The third-order valence-corrected chi connectivity index (χ3v) is 6.69. The fourth-order valence-electron chi connectivity index (χ4n) is 5.49. The first-order valence-corrected chi connectivity index (χ1v) is 8.96. The smallest absolute Gasteiger partial charge is 0.238 e. The molecule has 2 N–H and O–H groups in total. The maximum atomic E-state index is 13.1. The number of benzene rings is 1. The second kappa shape index (κ2) is 6.12. The summed E-state index contributed by atoms with van der Waals surface area (Å²) in [5.74, 6) is 0.407. The first kappa shape index (κ1) is 16.8. The molecule has 0 aromatic heterocycles. The van der Waals surface area contributed by atoms with Crippen LogP contribution in [0, 0.1) is 17.3 Å². The molecule has 4 unspecified atom stereocenters. The zero-order chi connectivity index (χ0) is 16.7. The molecule has 0 radical (unpaired) electrons. The highest BCUT2D eigenvalue weighted by Crippen LogP contribution is 2.65. The molecule has 2 bridgehead atoms. The highest BCUT2D eigenvalue weighted by atomic mass is 32.1. The molecule has 4 atom stereocenters. The molecule has 0 heterocycles. The molecule has 1 aromatic rings. The summed E-state index contributed by atoms with van der Waals surface area (Å²) in [5.41, 5.74) is 7.18. The lowest BCUT2D eigenvalue weighted by Crippen LogP contribution is -2.45. The molecule has 126 valence electrons. The fourth-order valence-corrected chi connectivity index (χ4v) is 5.82. The van der Waals surface area contributed by atoms with E-state index in [1.165, 1.54) is 5.56 Å². The van der Waals surface area contributed by atoms with Crippen LogP contribution in [0.5, 0.6) is 0 Å². The summed E-state index contributed by atoms with van der Waals surface area (Å²) >= 11 is 5.45. The first-order valence-electron chi connectivity index (χ1n) is 8.55. The normalized spacial score (nSPS) is 36.3. The number of alkyl halides is 2. The summed E-state index contributed by atoms with van der Waals surface area (Å²) in [6.07, 6.45) is 2.24. The fraction of sp³-hybridized carbons (Fsp3) is 0.632. The molecule has 3 rings (SSSR count). The molecule has 4 heteroatoms. The highest BCUT2D eigenvalue weighted by Gasteiger charge is 2.60. The Kier molecular flexibility index (Phi) is 4.47. The van der Waals surface area contributed by atoms with E-state index in [4.69, 9.17) is 18.0 Å². The van der Waals surface area contributed by atoms with Crippen molar-refractivity contribution in [2.75, 3.05) is 0 Å². The number of hydrogen-bond acceptors (Lipinski definition) is 1. The molecule has 23 heavy (non-hydrogen) atoms. The zero-order valence-corrected chi connectivity index (χ0v) is 14.4. The van der Waals surface area contributed by atoms with Gasteiger partial charge in [-0.1, -0.05) is 55.9 Å². The van der Waals surface area contributed by atoms with E-state index in [0.29, 0.717) is 10.9 Å². The molecule has 1 nitrogen and oxygen atoms in total. The average Bonchev–Trinajstić information content (AvgIpc) is 2.77. The number of thiocarbonyl (C=S) groups is 1. The van der Waals surface area contributed by atoms with Crippen molar-refractivity contribution in [1.29, 1.82) is 0 Å². The van der Waals surface area contributed by atoms with E-state index in [9.17, 15) is 8.78 Å². The van der Waals surface area contributed by atoms with E-state index in [0.717, 1.165) is 32.1 Å². The molecule has 0 spiro atoms. The summed E-state index contributed by atoms with van der Waals surface area (Å²) in [6, 6.07) is 10.4. The van der Waals surface area contributed by atoms with Crippen molar-refractivity contribution < 1.29 is 8.78 Å². The molecular weight excluding hydrogens is 312 g/mol. The van der Waals surface area contributed by atoms with Crippen LogP contribution in [0.25, 0.3) is 0 Å². The average molecular weight is 337 g/mol. The molecule has 2 aliphatic carbocycles. The Morgan fingerprint density at radius 1 is 1.26 bits per heavy atom. The van der Waals surface area contributed by atoms with Crippen LogP contribution in [0.15, 0.2) is 30.3 Å². The van der Waals surface area contributed by atoms with Crippen LogP contribution in [0.1, 0.15) is 51.0 Å². The number of nitrogens with two attached hydrogens (primary N) is 1. The standard InChI is InChI=1S/C19H25F2NS/c1-2-14-11-18(15-6-4-3-5-7-15)9-13(8-16(20)21)10-19(14,12-18)17(22)23/h3-7,13-14,16H,2,8-12H2,1H3,(H2,22,23). The quantitative estimate of drug-likeness (QED) is 0.758. The Morgan fingerprint density at radius 3 is 2.52 bits per heavy atom. The van der Waals surface area contributed by atoms with Crippen molar-refractivity contribution in [3.05, 3.63) is 35.9 Å². The van der Waals surface area contributed by atoms with Gasteiger partial charge in [0.15, 0.2) is 0 Å². The van der Waals surface area contributed by atoms with Crippen LogP contribution < -0.4 is 5.73 Å². The second-order valence-electron chi connectivity index (χ2n) is 7.55. The monoisotopic (exact) mass is 337 g/mol. The summed E-state index contributed by atoms with van der Waals surface area (Å²) < 4.78 is 26.1. The van der Waals surface area contributed by atoms with Crippen LogP contribution in [-0.2, 0) is 5.41 Å². The van der Waals surface area contributed by atoms with Gasteiger partial charge in [0, 0.05) is 11.8 Å². The zero-order valence-electron chi connectivity index (χ0n) is 13.6. The Hall–Kier alpha value is -1.03. The maximum absolute atomic E-state index is 13.1. The first-order chi connectivity index (χ1) is 10.9. The largest absolute Gasteiger partial charge is 0.393 e. The maximum Gasteiger partial charge on any atom is 0.238 e. The molecule has 2 fully saturated rings. The lowest BCUT2D eigenvalue weighted by molar-refractivity contribution is 0.0749. The summed E-state index contributed by atoms with van der Waals surface area (Å²) in [5, 5.41) is 0. The predicted molar refractivity (Wildman–Crippen MR) is 93.7 cm³/mol. The third kappa shape index (κ3) is 2.79.